The molecule has 4 heterocycles. The number of thioether (sulfide) groups is 2. The largest absolute Gasteiger partial charge is 0.454 e. The Morgan fingerprint density at radius 3 is 1.82 bits per heavy atom. The summed E-state index contributed by atoms with van der Waals surface area (Å²) < 4.78 is 6.72. The van der Waals surface area contributed by atoms with Crippen molar-refractivity contribution in [3.63, 3.8) is 0 Å². The van der Waals surface area contributed by atoms with Crippen molar-refractivity contribution in [1.29, 1.82) is 0 Å². The summed E-state index contributed by atoms with van der Waals surface area (Å²) >= 11 is 4.16. The number of furan rings is 1. The summed E-state index contributed by atoms with van der Waals surface area (Å²) in [5.41, 5.74) is 17.0. The van der Waals surface area contributed by atoms with Crippen LogP contribution in [0, 0.1) is 0 Å². The molecule has 288 valence electrons. The minimum Gasteiger partial charge on any atom is -0.454 e. The summed E-state index contributed by atoms with van der Waals surface area (Å²) in [4.78, 5) is 7.97. The second kappa shape index (κ2) is 12.9. The molecule has 0 bridgehead atoms. The lowest BCUT2D eigenvalue weighted by Gasteiger charge is -2.33. The van der Waals surface area contributed by atoms with Gasteiger partial charge in [0.05, 0.1) is 17.8 Å². The van der Waals surface area contributed by atoms with E-state index in [9.17, 15) is 0 Å². The van der Waals surface area contributed by atoms with Gasteiger partial charge >= 0.3 is 0 Å². The van der Waals surface area contributed by atoms with Crippen molar-refractivity contribution in [2.75, 3.05) is 9.80 Å². The third-order valence-corrected chi connectivity index (χ3v) is 16.7. The number of benzene rings is 8. The van der Waals surface area contributed by atoms with Crippen LogP contribution in [0.3, 0.4) is 0 Å². The van der Waals surface area contributed by atoms with Gasteiger partial charge in [0.15, 0.2) is 5.58 Å². The molecule has 13 rings (SSSR count). The molecule has 60 heavy (non-hydrogen) atoms. The van der Waals surface area contributed by atoms with Crippen molar-refractivity contribution in [2.45, 2.75) is 51.6 Å². The first-order chi connectivity index (χ1) is 29.5. The molecule has 9 aromatic rings. The Morgan fingerprint density at radius 2 is 1.08 bits per heavy atom. The van der Waals surface area contributed by atoms with Gasteiger partial charge in [-0.05, 0) is 105 Å². The van der Waals surface area contributed by atoms with Crippen molar-refractivity contribution in [3.8, 4) is 22.3 Å². The maximum absolute atomic E-state index is 6.72. The van der Waals surface area contributed by atoms with E-state index < -0.39 is 0 Å². The van der Waals surface area contributed by atoms with Crippen LogP contribution < -0.4 is 9.80 Å². The molecular formula is C55H40N2OS2. The summed E-state index contributed by atoms with van der Waals surface area (Å²) in [5.74, 6) is 0. The molecule has 1 aliphatic carbocycles. The lowest BCUT2D eigenvalue weighted by Crippen LogP contribution is -2.27. The standard InChI is InChI=1S/C55H40N2OS2/c1-55(2)43-19-7-3-14-40(43)49-37(17-11-20-44(49)55)33-25-27-34(28-26-33)56(45-21-12-18-39-38-13-4-8-22-46(38)58-52(39)45)35-29-31-36(32-30-35)57-50-41-15-5-9-23-47(41)59-53(50)54-51(57)42-16-6-10-24-48(42)60-54/h3-32,50-51,53-54H,1-2H3/t50-,51?,53?,54?/m1/s1. The summed E-state index contributed by atoms with van der Waals surface area (Å²) in [6.45, 7) is 4.70. The predicted octanol–water partition coefficient (Wildman–Crippen LogP) is 15.3. The van der Waals surface area contributed by atoms with Crippen molar-refractivity contribution >= 4 is 68.2 Å². The average molecular weight is 809 g/mol. The van der Waals surface area contributed by atoms with Crippen LogP contribution in [0.4, 0.5) is 22.7 Å². The number of fused-ring (bicyclic) bond motifs is 13. The fraction of sp³-hybridized carbons (Fsp3) is 0.127. The van der Waals surface area contributed by atoms with Gasteiger partial charge in [-0.2, -0.15) is 0 Å². The quantitative estimate of drug-likeness (QED) is 0.172. The number of anilines is 4. The lowest BCUT2D eigenvalue weighted by atomic mass is 9.82. The molecule has 0 radical (unpaired) electrons. The fourth-order valence-corrected chi connectivity index (χ4v) is 14.2. The van der Waals surface area contributed by atoms with E-state index in [-0.39, 0.29) is 5.41 Å². The molecular weight excluding hydrogens is 769 g/mol. The minimum atomic E-state index is -0.0486. The Bertz CT molecular complexity index is 3130. The van der Waals surface area contributed by atoms with Crippen LogP contribution in [0.1, 0.15) is 48.2 Å². The lowest BCUT2D eigenvalue weighted by molar-refractivity contribution is 0.660. The highest BCUT2D eigenvalue weighted by atomic mass is 32.2. The monoisotopic (exact) mass is 808 g/mol. The Morgan fingerprint density at radius 1 is 0.517 bits per heavy atom. The fourth-order valence-electron chi connectivity index (χ4n) is 10.9. The van der Waals surface area contributed by atoms with Gasteiger partial charge < -0.3 is 14.2 Å². The van der Waals surface area contributed by atoms with E-state index in [1.54, 1.807) is 0 Å². The number of hydrogen-bond donors (Lipinski definition) is 0. The van der Waals surface area contributed by atoms with Gasteiger partial charge in [0, 0.05) is 53.5 Å². The van der Waals surface area contributed by atoms with E-state index in [1.165, 1.54) is 60.0 Å². The Kier molecular flexibility index (Phi) is 7.48. The smallest absolute Gasteiger partial charge is 0.159 e. The highest BCUT2D eigenvalue weighted by Gasteiger charge is 2.57. The molecule has 1 fully saturated rings. The van der Waals surface area contributed by atoms with Crippen LogP contribution >= 0.6 is 23.5 Å². The van der Waals surface area contributed by atoms with Gasteiger partial charge in [-0.15, -0.1) is 23.5 Å². The van der Waals surface area contributed by atoms with Gasteiger partial charge in [0.25, 0.3) is 0 Å². The molecule has 0 saturated carbocycles. The van der Waals surface area contributed by atoms with Crippen LogP contribution in [0.5, 0.6) is 0 Å². The molecule has 4 atom stereocenters. The Hall–Kier alpha value is -6.14. The molecule has 3 nitrogen and oxygen atoms in total. The predicted molar refractivity (Wildman–Crippen MR) is 252 cm³/mol. The van der Waals surface area contributed by atoms with E-state index in [4.69, 9.17) is 4.42 Å². The highest BCUT2D eigenvalue weighted by Crippen LogP contribution is 2.66. The number of rotatable bonds is 5. The van der Waals surface area contributed by atoms with E-state index in [2.05, 4.69) is 229 Å². The van der Waals surface area contributed by atoms with Crippen molar-refractivity contribution in [1.82, 2.24) is 0 Å². The minimum absolute atomic E-state index is 0.0486. The molecule has 0 N–H and O–H groups in total. The summed E-state index contributed by atoms with van der Waals surface area (Å²) in [5, 5.41) is 3.21. The molecule has 0 spiro atoms. The van der Waals surface area contributed by atoms with E-state index in [0.29, 0.717) is 22.6 Å². The van der Waals surface area contributed by atoms with Gasteiger partial charge in [0.1, 0.15) is 5.58 Å². The molecule has 3 unspecified atom stereocenters. The van der Waals surface area contributed by atoms with Crippen molar-refractivity contribution < 1.29 is 4.42 Å². The molecule has 0 amide bonds. The van der Waals surface area contributed by atoms with E-state index in [0.717, 1.165) is 39.0 Å². The second-order valence-electron chi connectivity index (χ2n) is 17.1. The second-order valence-corrected chi connectivity index (χ2v) is 19.5. The van der Waals surface area contributed by atoms with E-state index >= 15 is 0 Å². The summed E-state index contributed by atoms with van der Waals surface area (Å²) in [6.07, 6.45) is 0. The van der Waals surface area contributed by atoms with Crippen LogP contribution in [-0.4, -0.2) is 10.5 Å². The zero-order valence-electron chi connectivity index (χ0n) is 33.2. The van der Waals surface area contributed by atoms with Crippen LogP contribution in [-0.2, 0) is 5.41 Å². The van der Waals surface area contributed by atoms with Crippen LogP contribution in [0.25, 0.3) is 44.2 Å². The summed E-state index contributed by atoms with van der Waals surface area (Å²) in [6, 6.07) is 68.0. The highest BCUT2D eigenvalue weighted by molar-refractivity contribution is 8.04. The number of nitrogens with zero attached hydrogens (tertiary/aromatic N) is 2. The molecule has 1 aromatic heterocycles. The first-order valence-electron chi connectivity index (χ1n) is 21.0. The van der Waals surface area contributed by atoms with Gasteiger partial charge in [0.2, 0.25) is 0 Å². The van der Waals surface area contributed by atoms with Crippen LogP contribution in [0.15, 0.2) is 196 Å². The van der Waals surface area contributed by atoms with Crippen LogP contribution in [0.2, 0.25) is 0 Å². The normalized spacial score (nSPS) is 20.1. The average Bonchev–Trinajstić information content (AvgIpc) is 4.09. The van der Waals surface area contributed by atoms with Crippen molar-refractivity contribution in [2.24, 2.45) is 0 Å². The van der Waals surface area contributed by atoms with Gasteiger partial charge in [-0.1, -0.05) is 135 Å². The maximum atomic E-state index is 6.72. The molecule has 5 heteroatoms. The third kappa shape index (κ3) is 4.88. The molecule has 1 saturated heterocycles. The summed E-state index contributed by atoms with van der Waals surface area (Å²) in [7, 11) is 0. The zero-order valence-corrected chi connectivity index (χ0v) is 34.9. The Labute approximate surface area is 358 Å². The first-order valence-corrected chi connectivity index (χ1v) is 22.7. The molecule has 3 aliphatic heterocycles. The molecule has 4 aliphatic rings. The SMILES string of the molecule is CC1(C)c2ccccc2-c2c(-c3ccc(N(c4ccc(N5C6c7ccccc7SC6C6Sc7ccccc7[C@H]65)cc4)c4cccc5c4oc4ccccc45)cc3)cccc21. The number of para-hydroxylation sites is 2. The van der Waals surface area contributed by atoms with Gasteiger partial charge in [-0.3, -0.25) is 0 Å². The topological polar surface area (TPSA) is 19.6 Å². The number of hydrogen-bond acceptors (Lipinski definition) is 5. The maximum Gasteiger partial charge on any atom is 0.159 e. The first kappa shape index (κ1) is 34.7. The molecule has 8 aromatic carbocycles. The third-order valence-electron chi connectivity index (χ3n) is 13.6. The van der Waals surface area contributed by atoms with E-state index in [1.807, 2.05) is 0 Å². The van der Waals surface area contributed by atoms with Gasteiger partial charge in [-0.25, -0.2) is 0 Å². The van der Waals surface area contributed by atoms with Crippen molar-refractivity contribution in [3.05, 3.63) is 204 Å². The Balaban J connectivity index is 0.944. The zero-order chi connectivity index (χ0) is 39.7.